The number of nitrogens with zero attached hydrogens (tertiary/aromatic N) is 1. The minimum absolute atomic E-state index is 0.269. The van der Waals surface area contributed by atoms with Crippen molar-refractivity contribution in [2.24, 2.45) is 0 Å². The molecule has 1 N–H and O–H groups in total. The molecule has 0 aromatic heterocycles. The Bertz CT molecular complexity index is 1110. The topological polar surface area (TPSA) is 58.6 Å². The van der Waals surface area contributed by atoms with Gasteiger partial charge >= 0.3 is 0 Å². The van der Waals surface area contributed by atoms with Crippen LogP contribution in [-0.4, -0.2) is 18.9 Å². The molecule has 1 aliphatic rings. The van der Waals surface area contributed by atoms with Gasteiger partial charge in [0, 0.05) is 14.2 Å². The Morgan fingerprint density at radius 2 is 1.53 bits per heavy atom. The molecule has 3 aromatic rings. The molecule has 0 saturated heterocycles. The summed E-state index contributed by atoms with van der Waals surface area (Å²) in [7, 11) is 1.57. The molecule has 0 fully saturated rings. The summed E-state index contributed by atoms with van der Waals surface area (Å²) in [6.07, 6.45) is 0. The lowest BCUT2D eigenvalue weighted by Gasteiger charge is -2.15. The van der Waals surface area contributed by atoms with Gasteiger partial charge in [-0.3, -0.25) is 9.59 Å². The highest BCUT2D eigenvalue weighted by molar-refractivity contribution is 14.1. The molecule has 3 aromatic carbocycles. The Labute approximate surface area is 192 Å². The number of ether oxygens (including phenoxy) is 1. The number of halogens is 1. The van der Waals surface area contributed by atoms with Gasteiger partial charge in [-0.1, -0.05) is 30.0 Å². The van der Waals surface area contributed by atoms with Crippen molar-refractivity contribution in [3.63, 3.8) is 0 Å². The van der Waals surface area contributed by atoms with E-state index in [4.69, 9.17) is 4.74 Å². The van der Waals surface area contributed by atoms with Crippen LogP contribution in [0.25, 0.3) is 0 Å². The van der Waals surface area contributed by atoms with Gasteiger partial charge in [-0.15, -0.1) is 0 Å². The molecule has 1 aliphatic heterocycles. The average Bonchev–Trinajstić information content (AvgIpc) is 3.00. The highest BCUT2D eigenvalue weighted by Crippen LogP contribution is 2.38. The maximum Gasteiger partial charge on any atom is 0.283 e. The summed E-state index contributed by atoms with van der Waals surface area (Å²) in [5.41, 5.74) is 1.51. The van der Waals surface area contributed by atoms with E-state index in [0.29, 0.717) is 16.3 Å². The molecule has 0 spiro atoms. The monoisotopic (exact) mass is 528 g/mol. The van der Waals surface area contributed by atoms with Crippen molar-refractivity contribution in [1.82, 2.24) is 0 Å². The van der Waals surface area contributed by atoms with Crippen LogP contribution in [0.15, 0.2) is 94.4 Å². The highest BCUT2D eigenvalue weighted by atomic mass is 127. The predicted molar refractivity (Wildman–Crippen MR) is 128 cm³/mol. The van der Waals surface area contributed by atoms with Gasteiger partial charge in [0.05, 0.1) is 12.8 Å². The van der Waals surface area contributed by atoms with Gasteiger partial charge in [-0.25, -0.2) is 4.90 Å². The van der Waals surface area contributed by atoms with Gasteiger partial charge in [-0.2, -0.15) is 0 Å². The number of methoxy groups -OCH3 is 1. The maximum atomic E-state index is 13.3. The molecular weight excluding hydrogens is 511 g/mol. The summed E-state index contributed by atoms with van der Waals surface area (Å²) >= 11 is 3.50. The second-order valence-corrected chi connectivity index (χ2v) is 8.72. The zero-order valence-corrected chi connectivity index (χ0v) is 18.9. The van der Waals surface area contributed by atoms with Gasteiger partial charge in [0.15, 0.2) is 0 Å². The molecule has 0 unspecified atom stereocenters. The van der Waals surface area contributed by atoms with E-state index in [1.807, 2.05) is 54.6 Å². The third-order valence-corrected chi connectivity index (χ3v) is 6.26. The first-order valence-electron chi connectivity index (χ1n) is 9.09. The fourth-order valence-electron chi connectivity index (χ4n) is 2.96. The highest BCUT2D eigenvalue weighted by Gasteiger charge is 2.40. The molecule has 0 atom stereocenters. The molecule has 4 rings (SSSR count). The fraction of sp³-hybridized carbons (Fsp3) is 0.0435. The van der Waals surface area contributed by atoms with Crippen molar-refractivity contribution in [1.29, 1.82) is 0 Å². The van der Waals surface area contributed by atoms with E-state index in [1.54, 1.807) is 31.4 Å². The summed E-state index contributed by atoms with van der Waals surface area (Å²) in [4.78, 5) is 29.0. The second-order valence-electron chi connectivity index (χ2n) is 6.39. The van der Waals surface area contributed by atoms with Crippen LogP contribution >= 0.6 is 34.4 Å². The normalized spacial score (nSPS) is 13.7. The third kappa shape index (κ3) is 4.22. The Kier molecular flexibility index (Phi) is 6.10. The van der Waals surface area contributed by atoms with Crippen molar-refractivity contribution in [2.75, 3.05) is 17.3 Å². The van der Waals surface area contributed by atoms with Crippen molar-refractivity contribution in [2.45, 2.75) is 4.90 Å². The van der Waals surface area contributed by atoms with Crippen molar-refractivity contribution >= 4 is 57.5 Å². The lowest BCUT2D eigenvalue weighted by Crippen LogP contribution is -2.32. The Morgan fingerprint density at radius 3 is 2.17 bits per heavy atom. The zero-order chi connectivity index (χ0) is 21.1. The lowest BCUT2D eigenvalue weighted by molar-refractivity contribution is -0.120. The fourth-order valence-corrected chi connectivity index (χ4v) is 4.27. The number of carbonyl (C=O) groups is 2. The van der Waals surface area contributed by atoms with Crippen molar-refractivity contribution in [3.8, 4) is 5.75 Å². The van der Waals surface area contributed by atoms with Crippen LogP contribution in [0.4, 0.5) is 11.4 Å². The van der Waals surface area contributed by atoms with Crippen LogP contribution in [0, 0.1) is 3.57 Å². The molecule has 150 valence electrons. The van der Waals surface area contributed by atoms with E-state index in [9.17, 15) is 9.59 Å². The second kappa shape index (κ2) is 8.93. The first-order chi connectivity index (χ1) is 14.6. The van der Waals surface area contributed by atoms with Gasteiger partial charge in [0.25, 0.3) is 11.8 Å². The number of carbonyl (C=O) groups excluding carboxylic acids is 2. The first-order valence-corrected chi connectivity index (χ1v) is 11.0. The first kappa shape index (κ1) is 20.5. The van der Waals surface area contributed by atoms with E-state index >= 15 is 0 Å². The standard InChI is InChI=1S/C23H17IN2O3S/c1-29-18-13-11-17(12-14-18)26-22(27)20(25-16-9-7-15(24)8-10-16)21(23(26)28)30-19-5-3-2-4-6-19/h2-14,25H,1H3. The van der Waals surface area contributed by atoms with Gasteiger partial charge in [-0.05, 0) is 83.3 Å². The molecule has 0 saturated carbocycles. The number of hydrogen-bond donors (Lipinski definition) is 1. The summed E-state index contributed by atoms with van der Waals surface area (Å²) in [5.74, 6) is -0.0869. The number of benzene rings is 3. The van der Waals surface area contributed by atoms with Crippen LogP contribution in [0.2, 0.25) is 0 Å². The molecule has 1 heterocycles. The number of hydrogen-bond acceptors (Lipinski definition) is 5. The van der Waals surface area contributed by atoms with Gasteiger partial charge < -0.3 is 10.1 Å². The minimum Gasteiger partial charge on any atom is -0.497 e. The molecule has 30 heavy (non-hydrogen) atoms. The zero-order valence-electron chi connectivity index (χ0n) is 16.0. The summed E-state index contributed by atoms with van der Waals surface area (Å²) < 4.78 is 6.26. The number of amides is 2. The third-order valence-electron chi connectivity index (χ3n) is 4.45. The Balaban J connectivity index is 1.72. The smallest absolute Gasteiger partial charge is 0.283 e. The maximum absolute atomic E-state index is 13.3. The molecule has 5 nitrogen and oxygen atoms in total. The summed E-state index contributed by atoms with van der Waals surface area (Å²) in [6.45, 7) is 0. The van der Waals surface area contributed by atoms with E-state index in [0.717, 1.165) is 14.2 Å². The SMILES string of the molecule is COc1ccc(N2C(=O)C(Nc3ccc(I)cc3)=C(Sc3ccccc3)C2=O)cc1. The lowest BCUT2D eigenvalue weighted by atomic mass is 10.2. The van der Waals surface area contributed by atoms with E-state index in [-0.39, 0.29) is 17.5 Å². The molecule has 2 amide bonds. The van der Waals surface area contributed by atoms with Crippen LogP contribution in [0.3, 0.4) is 0 Å². The van der Waals surface area contributed by atoms with Crippen LogP contribution in [0.1, 0.15) is 0 Å². The molecule has 0 aliphatic carbocycles. The van der Waals surface area contributed by atoms with E-state index in [2.05, 4.69) is 27.9 Å². The van der Waals surface area contributed by atoms with Gasteiger partial charge in [0.2, 0.25) is 0 Å². The number of imide groups is 1. The molecule has 0 bridgehead atoms. The van der Waals surface area contributed by atoms with Crippen molar-refractivity contribution in [3.05, 3.63) is 93.0 Å². The molecule has 7 heteroatoms. The van der Waals surface area contributed by atoms with E-state index in [1.165, 1.54) is 16.7 Å². The number of nitrogens with one attached hydrogen (secondary N) is 1. The summed E-state index contributed by atoms with van der Waals surface area (Å²) in [6, 6.07) is 24.0. The number of thioether (sulfide) groups is 1. The quantitative estimate of drug-likeness (QED) is 0.348. The van der Waals surface area contributed by atoms with Gasteiger partial charge in [0.1, 0.15) is 16.4 Å². The van der Waals surface area contributed by atoms with Crippen LogP contribution in [-0.2, 0) is 9.59 Å². The average molecular weight is 528 g/mol. The Hall–Kier alpha value is -2.78. The van der Waals surface area contributed by atoms with Crippen LogP contribution < -0.4 is 15.0 Å². The number of rotatable bonds is 6. The van der Waals surface area contributed by atoms with Crippen molar-refractivity contribution < 1.29 is 14.3 Å². The van der Waals surface area contributed by atoms with Crippen LogP contribution in [0.5, 0.6) is 5.75 Å². The molecular formula is C23H17IN2O3S. The number of anilines is 2. The predicted octanol–water partition coefficient (Wildman–Crippen LogP) is 5.29. The molecule has 0 radical (unpaired) electrons. The summed E-state index contributed by atoms with van der Waals surface area (Å²) in [5, 5.41) is 3.16. The largest absolute Gasteiger partial charge is 0.497 e. The Morgan fingerprint density at radius 1 is 0.867 bits per heavy atom. The van der Waals surface area contributed by atoms with E-state index < -0.39 is 0 Å². The minimum atomic E-state index is -0.387.